The van der Waals surface area contributed by atoms with Gasteiger partial charge in [-0.1, -0.05) is 6.07 Å². The van der Waals surface area contributed by atoms with Gasteiger partial charge in [-0.2, -0.15) is 0 Å². The number of anilines is 2. The molecule has 0 bridgehead atoms. The molecule has 1 aliphatic rings. The van der Waals surface area contributed by atoms with Crippen LogP contribution in [0.1, 0.15) is 0 Å². The Balaban J connectivity index is 2.49. The number of fused-ring (bicyclic) bond motifs is 1. The summed E-state index contributed by atoms with van der Waals surface area (Å²) >= 11 is 0. The number of hydrogen-bond donors (Lipinski definition) is 1. The van der Waals surface area contributed by atoms with Crippen molar-refractivity contribution in [2.75, 3.05) is 37.0 Å². The van der Waals surface area contributed by atoms with E-state index < -0.39 is 0 Å². The van der Waals surface area contributed by atoms with Gasteiger partial charge in [0.2, 0.25) is 0 Å². The van der Waals surface area contributed by atoms with E-state index in [0.29, 0.717) is 12.2 Å². The summed E-state index contributed by atoms with van der Waals surface area (Å²) < 4.78 is 13.6. The summed E-state index contributed by atoms with van der Waals surface area (Å²) in [6, 6.07) is 5.41. The van der Waals surface area contributed by atoms with Gasteiger partial charge in [0.05, 0.1) is 17.4 Å². The molecule has 0 saturated heterocycles. The standard InChI is InChI=1S/C11H16FN3/c1-14-7-8(6-13)15(2)10-5-3-4-9(12)11(10)14/h3-5,8H,6-7,13H2,1-2H3. The molecule has 0 aliphatic carbocycles. The van der Waals surface area contributed by atoms with Crippen LogP contribution in [0.2, 0.25) is 0 Å². The highest BCUT2D eigenvalue weighted by Gasteiger charge is 2.27. The van der Waals surface area contributed by atoms with Crippen LogP contribution in [0, 0.1) is 5.82 Å². The highest BCUT2D eigenvalue weighted by molar-refractivity contribution is 5.74. The molecule has 0 aromatic heterocycles. The highest BCUT2D eigenvalue weighted by atomic mass is 19.1. The molecule has 4 heteroatoms. The molecule has 82 valence electrons. The average Bonchev–Trinajstić information content (AvgIpc) is 2.23. The van der Waals surface area contributed by atoms with Crippen LogP contribution >= 0.6 is 0 Å². The molecule has 1 heterocycles. The van der Waals surface area contributed by atoms with E-state index >= 15 is 0 Å². The van der Waals surface area contributed by atoms with E-state index in [2.05, 4.69) is 4.90 Å². The van der Waals surface area contributed by atoms with Gasteiger partial charge in [-0.05, 0) is 12.1 Å². The molecule has 1 aromatic rings. The van der Waals surface area contributed by atoms with Crippen LogP contribution in [0.3, 0.4) is 0 Å². The lowest BCUT2D eigenvalue weighted by atomic mass is 10.1. The topological polar surface area (TPSA) is 32.5 Å². The summed E-state index contributed by atoms with van der Waals surface area (Å²) in [5, 5.41) is 0. The molecule has 0 fully saturated rings. The molecule has 2 N–H and O–H groups in total. The number of likely N-dealkylation sites (N-methyl/N-ethyl adjacent to an activating group) is 2. The first-order valence-electron chi connectivity index (χ1n) is 5.07. The number of hydrogen-bond acceptors (Lipinski definition) is 3. The molecule has 0 spiro atoms. The zero-order chi connectivity index (χ0) is 11.0. The largest absolute Gasteiger partial charge is 0.368 e. The second-order valence-corrected chi connectivity index (χ2v) is 3.99. The van der Waals surface area contributed by atoms with Crippen molar-refractivity contribution in [1.29, 1.82) is 0 Å². The fourth-order valence-corrected chi connectivity index (χ4v) is 2.13. The van der Waals surface area contributed by atoms with Gasteiger partial charge < -0.3 is 15.5 Å². The van der Waals surface area contributed by atoms with Crippen molar-refractivity contribution in [2.45, 2.75) is 6.04 Å². The van der Waals surface area contributed by atoms with Crippen molar-refractivity contribution in [1.82, 2.24) is 0 Å². The van der Waals surface area contributed by atoms with Gasteiger partial charge in [-0.15, -0.1) is 0 Å². The Morgan fingerprint density at radius 1 is 1.47 bits per heavy atom. The molecule has 0 radical (unpaired) electrons. The van der Waals surface area contributed by atoms with E-state index in [0.717, 1.165) is 12.2 Å². The summed E-state index contributed by atoms with van der Waals surface area (Å²) in [4.78, 5) is 3.99. The van der Waals surface area contributed by atoms with Crippen molar-refractivity contribution in [2.24, 2.45) is 5.73 Å². The zero-order valence-corrected chi connectivity index (χ0v) is 9.07. The Kier molecular flexibility index (Phi) is 2.52. The van der Waals surface area contributed by atoms with Gasteiger partial charge in [-0.3, -0.25) is 0 Å². The van der Waals surface area contributed by atoms with Crippen LogP contribution in [-0.4, -0.2) is 33.2 Å². The fourth-order valence-electron chi connectivity index (χ4n) is 2.13. The number of benzene rings is 1. The summed E-state index contributed by atoms with van der Waals surface area (Å²) in [6.45, 7) is 1.34. The normalized spacial score (nSPS) is 20.4. The predicted octanol–water partition coefficient (Wildman–Crippen LogP) is 1.04. The van der Waals surface area contributed by atoms with E-state index in [1.807, 2.05) is 25.1 Å². The molecule has 1 unspecified atom stereocenters. The number of halogens is 1. The second kappa shape index (κ2) is 3.70. The Labute approximate surface area is 89.3 Å². The van der Waals surface area contributed by atoms with E-state index in [9.17, 15) is 4.39 Å². The number of para-hydroxylation sites is 1. The fraction of sp³-hybridized carbons (Fsp3) is 0.455. The minimum atomic E-state index is -0.169. The molecule has 0 amide bonds. The third-order valence-electron chi connectivity index (χ3n) is 3.03. The third kappa shape index (κ3) is 1.55. The first kappa shape index (κ1) is 10.2. The number of nitrogens with zero attached hydrogens (tertiary/aromatic N) is 2. The molecule has 3 nitrogen and oxygen atoms in total. The molecular formula is C11H16FN3. The third-order valence-corrected chi connectivity index (χ3v) is 3.03. The first-order chi connectivity index (χ1) is 7.15. The molecule has 0 saturated carbocycles. The molecule has 2 rings (SSSR count). The first-order valence-corrected chi connectivity index (χ1v) is 5.07. The minimum Gasteiger partial charge on any atom is -0.368 e. The Morgan fingerprint density at radius 3 is 2.87 bits per heavy atom. The summed E-state index contributed by atoms with van der Waals surface area (Å²) in [5.74, 6) is -0.169. The van der Waals surface area contributed by atoms with Gasteiger partial charge in [-0.25, -0.2) is 4.39 Å². The molecule has 1 aromatic carbocycles. The highest BCUT2D eigenvalue weighted by Crippen LogP contribution is 2.35. The van der Waals surface area contributed by atoms with Gasteiger partial charge in [0.1, 0.15) is 5.82 Å². The average molecular weight is 209 g/mol. The summed E-state index contributed by atoms with van der Waals surface area (Å²) in [7, 11) is 3.86. The maximum Gasteiger partial charge on any atom is 0.148 e. The summed E-state index contributed by atoms with van der Waals surface area (Å²) in [5.41, 5.74) is 7.28. The SMILES string of the molecule is CN1CC(CN)N(C)c2cccc(F)c21. The smallest absolute Gasteiger partial charge is 0.148 e. The van der Waals surface area contributed by atoms with Crippen molar-refractivity contribution in [3.8, 4) is 0 Å². The van der Waals surface area contributed by atoms with Crippen LogP contribution in [0.25, 0.3) is 0 Å². The van der Waals surface area contributed by atoms with Crippen LogP contribution in [0.5, 0.6) is 0 Å². The van der Waals surface area contributed by atoms with Gasteiger partial charge in [0.15, 0.2) is 0 Å². The molecule has 1 aliphatic heterocycles. The van der Waals surface area contributed by atoms with Crippen molar-refractivity contribution >= 4 is 11.4 Å². The Morgan fingerprint density at radius 2 is 2.20 bits per heavy atom. The molecular weight excluding hydrogens is 193 g/mol. The van der Waals surface area contributed by atoms with Crippen molar-refractivity contribution < 1.29 is 4.39 Å². The van der Waals surface area contributed by atoms with Gasteiger partial charge in [0, 0.05) is 27.2 Å². The van der Waals surface area contributed by atoms with E-state index in [-0.39, 0.29) is 11.9 Å². The van der Waals surface area contributed by atoms with Crippen molar-refractivity contribution in [3.63, 3.8) is 0 Å². The van der Waals surface area contributed by atoms with Crippen LogP contribution in [-0.2, 0) is 0 Å². The van der Waals surface area contributed by atoms with Gasteiger partial charge in [0.25, 0.3) is 0 Å². The lowest BCUT2D eigenvalue weighted by molar-refractivity contribution is 0.577. The number of nitrogens with two attached hydrogens (primary N) is 1. The molecule has 15 heavy (non-hydrogen) atoms. The zero-order valence-electron chi connectivity index (χ0n) is 9.07. The van der Waals surface area contributed by atoms with E-state index in [4.69, 9.17) is 5.73 Å². The molecule has 1 atom stereocenters. The Hall–Kier alpha value is -1.29. The number of rotatable bonds is 1. The monoisotopic (exact) mass is 209 g/mol. The summed E-state index contributed by atoms with van der Waals surface area (Å²) in [6.07, 6.45) is 0. The van der Waals surface area contributed by atoms with Crippen molar-refractivity contribution in [3.05, 3.63) is 24.0 Å². The second-order valence-electron chi connectivity index (χ2n) is 3.99. The maximum atomic E-state index is 13.6. The van der Waals surface area contributed by atoms with Crippen LogP contribution in [0.15, 0.2) is 18.2 Å². The van der Waals surface area contributed by atoms with Crippen LogP contribution < -0.4 is 15.5 Å². The van der Waals surface area contributed by atoms with Gasteiger partial charge >= 0.3 is 0 Å². The Bertz CT molecular complexity index is 367. The lowest BCUT2D eigenvalue weighted by Crippen LogP contribution is -2.50. The quantitative estimate of drug-likeness (QED) is 0.750. The minimum absolute atomic E-state index is 0.169. The predicted molar refractivity (Wildman–Crippen MR) is 60.9 cm³/mol. The van der Waals surface area contributed by atoms with E-state index in [1.165, 1.54) is 6.07 Å². The lowest BCUT2D eigenvalue weighted by Gasteiger charge is -2.40. The van der Waals surface area contributed by atoms with Crippen LogP contribution in [0.4, 0.5) is 15.8 Å². The maximum absolute atomic E-state index is 13.6. The van der Waals surface area contributed by atoms with E-state index in [1.54, 1.807) is 6.07 Å².